The number of rotatable bonds is 3. The number of ether oxygens (including phenoxy) is 2. The normalized spacial score (nSPS) is 24.4. The van der Waals surface area contributed by atoms with Crippen LogP contribution in [0.3, 0.4) is 0 Å². The van der Waals surface area contributed by atoms with Gasteiger partial charge in [-0.25, -0.2) is 0 Å². The third-order valence-corrected chi connectivity index (χ3v) is 4.29. The van der Waals surface area contributed by atoms with E-state index < -0.39 is 5.60 Å². The molecule has 0 radical (unpaired) electrons. The molecule has 2 aliphatic heterocycles. The number of hydrogen-bond acceptors (Lipinski definition) is 4. The monoisotopic (exact) mass is 324 g/mol. The molecule has 0 aromatic heterocycles. The molecule has 2 fully saturated rings. The summed E-state index contributed by atoms with van der Waals surface area (Å²) in [6, 6.07) is 7.04. The maximum absolute atomic E-state index is 12.2. The van der Waals surface area contributed by atoms with Gasteiger partial charge < -0.3 is 19.7 Å². The van der Waals surface area contributed by atoms with E-state index in [2.05, 4.69) is 5.32 Å². The summed E-state index contributed by atoms with van der Waals surface area (Å²) in [6.07, 6.45) is 0.713. The van der Waals surface area contributed by atoms with Gasteiger partial charge in [0.25, 0.3) is 5.91 Å². The highest BCUT2D eigenvalue weighted by Crippen LogP contribution is 2.27. The predicted molar refractivity (Wildman–Crippen MR) is 79.8 cm³/mol. The van der Waals surface area contributed by atoms with E-state index in [0.717, 1.165) is 0 Å². The molecule has 2 amide bonds. The molecule has 0 bridgehead atoms. The second-order valence-corrected chi connectivity index (χ2v) is 5.94. The lowest BCUT2D eigenvalue weighted by atomic mass is 10.0. The van der Waals surface area contributed by atoms with Crippen molar-refractivity contribution in [2.24, 2.45) is 0 Å². The second kappa shape index (κ2) is 6.14. The van der Waals surface area contributed by atoms with Crippen LogP contribution in [0, 0.1) is 0 Å². The molecule has 0 aliphatic carbocycles. The zero-order valence-electron chi connectivity index (χ0n) is 12.0. The van der Waals surface area contributed by atoms with Crippen molar-refractivity contribution in [3.05, 3.63) is 29.3 Å². The highest BCUT2D eigenvalue weighted by atomic mass is 35.5. The molecule has 1 atom stereocenters. The Morgan fingerprint density at radius 1 is 1.45 bits per heavy atom. The quantitative estimate of drug-likeness (QED) is 0.894. The van der Waals surface area contributed by atoms with Gasteiger partial charge in [-0.1, -0.05) is 23.7 Å². The van der Waals surface area contributed by atoms with E-state index in [1.165, 1.54) is 0 Å². The number of amides is 2. The van der Waals surface area contributed by atoms with Gasteiger partial charge in [-0.3, -0.25) is 9.59 Å². The van der Waals surface area contributed by atoms with E-state index in [4.69, 9.17) is 21.1 Å². The van der Waals surface area contributed by atoms with Crippen LogP contribution in [0.15, 0.2) is 24.3 Å². The fourth-order valence-electron chi connectivity index (χ4n) is 2.69. The van der Waals surface area contributed by atoms with Gasteiger partial charge in [-0.05, 0) is 18.6 Å². The molecule has 22 heavy (non-hydrogen) atoms. The molecule has 1 unspecified atom stereocenters. The summed E-state index contributed by atoms with van der Waals surface area (Å²) in [5, 5.41) is 3.27. The van der Waals surface area contributed by atoms with Crippen molar-refractivity contribution in [1.29, 1.82) is 0 Å². The molecule has 2 aliphatic rings. The third-order valence-electron chi connectivity index (χ3n) is 3.97. The summed E-state index contributed by atoms with van der Waals surface area (Å²) in [5.41, 5.74) is -0.450. The third kappa shape index (κ3) is 3.18. The van der Waals surface area contributed by atoms with Gasteiger partial charge in [0.2, 0.25) is 5.91 Å². The van der Waals surface area contributed by atoms with E-state index >= 15 is 0 Å². The lowest BCUT2D eigenvalue weighted by Gasteiger charge is -2.33. The Kier molecular flexibility index (Phi) is 4.22. The number of likely N-dealkylation sites (tertiary alicyclic amines) is 1. The number of carbonyl (C=O) groups is 2. The molecule has 1 spiro atoms. The van der Waals surface area contributed by atoms with Crippen molar-refractivity contribution < 1.29 is 19.1 Å². The minimum atomic E-state index is -0.450. The number of nitrogens with one attached hydrogen (secondary N) is 1. The van der Waals surface area contributed by atoms with Crippen LogP contribution in [0.5, 0.6) is 5.75 Å². The van der Waals surface area contributed by atoms with Crippen LogP contribution in [0.1, 0.15) is 6.42 Å². The van der Waals surface area contributed by atoms with Crippen molar-refractivity contribution in [2.75, 3.05) is 32.8 Å². The highest BCUT2D eigenvalue weighted by molar-refractivity contribution is 6.32. The fraction of sp³-hybridized carbons (Fsp3) is 0.467. The summed E-state index contributed by atoms with van der Waals surface area (Å²) in [5.74, 6) is 0.266. The van der Waals surface area contributed by atoms with Gasteiger partial charge in [0.05, 0.1) is 11.6 Å². The molecule has 118 valence electrons. The molecule has 7 heteroatoms. The highest BCUT2D eigenvalue weighted by Gasteiger charge is 2.43. The molecule has 1 aromatic carbocycles. The number of morpholine rings is 1. The van der Waals surface area contributed by atoms with Crippen molar-refractivity contribution in [3.8, 4) is 5.75 Å². The van der Waals surface area contributed by atoms with Crippen LogP contribution in [0.2, 0.25) is 5.02 Å². The van der Waals surface area contributed by atoms with Crippen LogP contribution in [-0.4, -0.2) is 55.2 Å². The molecule has 0 saturated carbocycles. The van der Waals surface area contributed by atoms with Crippen LogP contribution < -0.4 is 10.1 Å². The first-order valence-electron chi connectivity index (χ1n) is 7.14. The van der Waals surface area contributed by atoms with Gasteiger partial charge in [0.1, 0.15) is 18.0 Å². The van der Waals surface area contributed by atoms with Crippen LogP contribution >= 0.6 is 11.6 Å². The Balaban J connectivity index is 1.54. The zero-order valence-corrected chi connectivity index (χ0v) is 12.8. The van der Waals surface area contributed by atoms with Crippen LogP contribution in [0.25, 0.3) is 0 Å². The summed E-state index contributed by atoms with van der Waals surface area (Å²) in [6.45, 7) is 1.50. The number of hydrogen-bond donors (Lipinski definition) is 1. The van der Waals surface area contributed by atoms with E-state index in [1.54, 1.807) is 29.2 Å². The van der Waals surface area contributed by atoms with Gasteiger partial charge in [0.15, 0.2) is 6.61 Å². The SMILES string of the molecule is O=C1COC2(CCN(C(=O)COc3ccccc3Cl)C2)CN1. The maximum Gasteiger partial charge on any atom is 0.260 e. The largest absolute Gasteiger partial charge is 0.482 e. The molecule has 1 N–H and O–H groups in total. The van der Waals surface area contributed by atoms with Crippen LogP contribution in [-0.2, 0) is 14.3 Å². The first-order valence-corrected chi connectivity index (χ1v) is 7.52. The van der Waals surface area contributed by atoms with Gasteiger partial charge >= 0.3 is 0 Å². The molecule has 3 rings (SSSR count). The van der Waals surface area contributed by atoms with Gasteiger partial charge in [-0.2, -0.15) is 0 Å². The smallest absolute Gasteiger partial charge is 0.260 e. The number of carbonyl (C=O) groups excluding carboxylic acids is 2. The first kappa shape index (κ1) is 15.1. The molecule has 2 saturated heterocycles. The van der Waals surface area contributed by atoms with Crippen molar-refractivity contribution in [2.45, 2.75) is 12.0 Å². The zero-order chi connectivity index (χ0) is 15.6. The van der Waals surface area contributed by atoms with Gasteiger partial charge in [-0.15, -0.1) is 0 Å². The Labute approximate surface area is 133 Å². The van der Waals surface area contributed by atoms with E-state index in [0.29, 0.717) is 36.8 Å². The number of halogens is 1. The summed E-state index contributed by atoms with van der Waals surface area (Å²) in [4.78, 5) is 25.1. The maximum atomic E-state index is 12.2. The average molecular weight is 325 g/mol. The molecule has 2 heterocycles. The molecular formula is C15H17ClN2O4. The van der Waals surface area contributed by atoms with Gasteiger partial charge in [0, 0.05) is 13.1 Å². The number of nitrogens with zero attached hydrogens (tertiary/aromatic N) is 1. The van der Waals surface area contributed by atoms with E-state index in [9.17, 15) is 9.59 Å². The summed E-state index contributed by atoms with van der Waals surface area (Å²) in [7, 11) is 0. The van der Waals surface area contributed by atoms with E-state index in [-0.39, 0.29) is 25.0 Å². The Morgan fingerprint density at radius 2 is 2.27 bits per heavy atom. The molecule has 1 aromatic rings. The topological polar surface area (TPSA) is 67.9 Å². The number of para-hydroxylation sites is 1. The second-order valence-electron chi connectivity index (χ2n) is 5.53. The van der Waals surface area contributed by atoms with Crippen molar-refractivity contribution >= 4 is 23.4 Å². The lowest BCUT2D eigenvalue weighted by molar-refractivity contribution is -0.143. The van der Waals surface area contributed by atoms with E-state index in [1.807, 2.05) is 0 Å². The fourth-order valence-corrected chi connectivity index (χ4v) is 2.88. The Hall–Kier alpha value is -1.79. The standard InChI is InChI=1S/C15H17ClN2O4/c16-11-3-1-2-4-12(11)21-8-14(20)18-6-5-15(10-18)9-17-13(19)7-22-15/h1-4H,5-10H2,(H,17,19). The lowest BCUT2D eigenvalue weighted by Crippen LogP contribution is -2.54. The average Bonchev–Trinajstić information content (AvgIpc) is 2.94. The number of benzene rings is 1. The Bertz CT molecular complexity index is 583. The van der Waals surface area contributed by atoms with Crippen LogP contribution in [0.4, 0.5) is 0 Å². The molecular weight excluding hydrogens is 308 g/mol. The first-order chi connectivity index (χ1) is 10.6. The minimum Gasteiger partial charge on any atom is -0.482 e. The molecule has 6 nitrogen and oxygen atoms in total. The Morgan fingerprint density at radius 3 is 3.00 bits per heavy atom. The minimum absolute atomic E-state index is 0.0537. The van der Waals surface area contributed by atoms with Crippen molar-refractivity contribution in [3.63, 3.8) is 0 Å². The predicted octanol–water partition coefficient (Wildman–Crippen LogP) is 0.836. The van der Waals surface area contributed by atoms with Crippen molar-refractivity contribution in [1.82, 2.24) is 10.2 Å². The summed E-state index contributed by atoms with van der Waals surface area (Å²) >= 11 is 5.99. The summed E-state index contributed by atoms with van der Waals surface area (Å²) < 4.78 is 11.1.